The average molecular weight is 267 g/mol. The van der Waals surface area contributed by atoms with Gasteiger partial charge in [0.05, 0.1) is 23.5 Å². The van der Waals surface area contributed by atoms with Crippen LogP contribution in [0.5, 0.6) is 0 Å². The molecule has 0 spiro atoms. The molecule has 0 aromatic carbocycles. The largest absolute Gasteiger partial charge is 0.462 e. The summed E-state index contributed by atoms with van der Waals surface area (Å²) >= 11 is 0. The van der Waals surface area contributed by atoms with Crippen molar-refractivity contribution in [2.45, 2.75) is 76.4 Å². The minimum absolute atomic E-state index is 0.101. The molecule has 3 fully saturated rings. The zero-order chi connectivity index (χ0) is 13.8. The second-order valence-electron chi connectivity index (χ2n) is 7.17. The lowest BCUT2D eigenvalue weighted by Gasteiger charge is -2.33. The molecule has 3 aliphatic rings. The molecular weight excluding hydrogens is 241 g/mol. The van der Waals surface area contributed by atoms with Crippen molar-refractivity contribution in [3.05, 3.63) is 0 Å². The zero-order valence-electron chi connectivity index (χ0n) is 12.6. The van der Waals surface area contributed by atoms with Gasteiger partial charge in [-0.2, -0.15) is 0 Å². The van der Waals surface area contributed by atoms with Crippen molar-refractivity contribution < 1.29 is 9.31 Å². The van der Waals surface area contributed by atoms with E-state index < -0.39 is 0 Å². The van der Waals surface area contributed by atoms with E-state index in [-0.39, 0.29) is 18.3 Å². The number of nitrogens with one attached hydrogen (secondary N) is 3. The monoisotopic (exact) mass is 267 g/mol. The highest BCUT2D eigenvalue weighted by atomic mass is 16.7. The smallest absolute Gasteiger partial charge is 0.403 e. The van der Waals surface area contributed by atoms with Gasteiger partial charge in [0.25, 0.3) is 0 Å². The van der Waals surface area contributed by atoms with Crippen LogP contribution in [0.3, 0.4) is 0 Å². The van der Waals surface area contributed by atoms with Crippen LogP contribution in [-0.2, 0) is 9.31 Å². The first-order valence-corrected chi connectivity index (χ1v) is 7.40. The molecule has 0 aliphatic carbocycles. The maximum atomic E-state index is 6.17. The first kappa shape index (κ1) is 13.8. The molecule has 4 unspecified atom stereocenters. The zero-order valence-corrected chi connectivity index (χ0v) is 12.6. The van der Waals surface area contributed by atoms with Gasteiger partial charge in [-0.05, 0) is 47.6 Å². The molecule has 4 atom stereocenters. The Morgan fingerprint density at radius 2 is 1.68 bits per heavy atom. The van der Waals surface area contributed by atoms with Crippen molar-refractivity contribution in [2.75, 3.05) is 6.54 Å². The summed E-state index contributed by atoms with van der Waals surface area (Å²) in [7, 11) is -0.101. The predicted molar refractivity (Wildman–Crippen MR) is 75.8 cm³/mol. The fourth-order valence-electron chi connectivity index (χ4n) is 3.23. The summed E-state index contributed by atoms with van der Waals surface area (Å²) in [5, 5.41) is 10.6. The third kappa shape index (κ3) is 2.34. The molecule has 108 valence electrons. The second kappa shape index (κ2) is 4.43. The standard InChI is InChI=1S/C13H26BN3O2/c1-8-16-10-6-9(7-15-11(10)17-8)14-18-12(2,3)13(4,5)19-14/h8-11,15-17H,6-7H2,1-5H3. The number of hydrogen-bond acceptors (Lipinski definition) is 5. The van der Waals surface area contributed by atoms with E-state index in [0.717, 1.165) is 13.0 Å². The summed E-state index contributed by atoms with van der Waals surface area (Å²) < 4.78 is 12.3. The van der Waals surface area contributed by atoms with Gasteiger partial charge in [0.15, 0.2) is 0 Å². The van der Waals surface area contributed by atoms with Crippen LogP contribution in [0.15, 0.2) is 0 Å². The molecule has 3 rings (SSSR count). The summed E-state index contributed by atoms with van der Waals surface area (Å²) in [6.07, 6.45) is 1.85. The number of fused-ring (bicyclic) bond motifs is 1. The Hall–Kier alpha value is -0.135. The summed E-state index contributed by atoms with van der Waals surface area (Å²) in [5.41, 5.74) is -0.466. The first-order chi connectivity index (χ1) is 8.78. The van der Waals surface area contributed by atoms with Crippen LogP contribution in [0.25, 0.3) is 0 Å². The SMILES string of the molecule is CC1NC2CC(B3OC(C)(C)C(C)(C)O3)CNC2N1. The average Bonchev–Trinajstić information content (AvgIpc) is 2.74. The van der Waals surface area contributed by atoms with Crippen LogP contribution < -0.4 is 16.0 Å². The van der Waals surface area contributed by atoms with Crippen molar-refractivity contribution in [1.29, 1.82) is 0 Å². The van der Waals surface area contributed by atoms with E-state index in [1.165, 1.54) is 0 Å². The quantitative estimate of drug-likeness (QED) is 0.610. The van der Waals surface area contributed by atoms with Crippen LogP contribution in [-0.4, -0.2) is 43.2 Å². The third-order valence-electron chi connectivity index (χ3n) is 5.11. The van der Waals surface area contributed by atoms with Crippen molar-refractivity contribution in [3.8, 4) is 0 Å². The fourth-order valence-corrected chi connectivity index (χ4v) is 3.23. The molecule has 0 aromatic rings. The Kier molecular flexibility index (Phi) is 3.23. The third-order valence-corrected chi connectivity index (χ3v) is 5.11. The van der Waals surface area contributed by atoms with Gasteiger partial charge in [0.1, 0.15) is 0 Å². The van der Waals surface area contributed by atoms with Crippen molar-refractivity contribution in [1.82, 2.24) is 16.0 Å². The highest BCUT2D eigenvalue weighted by Crippen LogP contribution is 2.41. The molecule has 5 nitrogen and oxygen atoms in total. The van der Waals surface area contributed by atoms with Gasteiger partial charge >= 0.3 is 7.12 Å². The summed E-state index contributed by atoms with van der Waals surface area (Å²) in [4.78, 5) is 0. The number of rotatable bonds is 1. The molecule has 3 N–H and O–H groups in total. The van der Waals surface area contributed by atoms with E-state index in [4.69, 9.17) is 9.31 Å². The van der Waals surface area contributed by atoms with E-state index in [0.29, 0.717) is 24.2 Å². The second-order valence-corrected chi connectivity index (χ2v) is 7.17. The number of hydrogen-bond donors (Lipinski definition) is 3. The highest BCUT2D eigenvalue weighted by molar-refractivity contribution is 6.47. The van der Waals surface area contributed by atoms with Gasteiger partial charge in [0.2, 0.25) is 0 Å². The van der Waals surface area contributed by atoms with Gasteiger partial charge in [0, 0.05) is 11.9 Å². The molecule has 0 aromatic heterocycles. The molecule has 19 heavy (non-hydrogen) atoms. The molecule has 0 amide bonds. The van der Waals surface area contributed by atoms with Crippen LogP contribution in [0.2, 0.25) is 5.82 Å². The van der Waals surface area contributed by atoms with Crippen LogP contribution >= 0.6 is 0 Å². The maximum Gasteiger partial charge on any atom is 0.462 e. The molecule has 0 bridgehead atoms. The minimum atomic E-state index is -0.233. The molecule has 0 saturated carbocycles. The van der Waals surface area contributed by atoms with Gasteiger partial charge < -0.3 is 14.6 Å². The first-order valence-electron chi connectivity index (χ1n) is 7.40. The van der Waals surface area contributed by atoms with E-state index in [9.17, 15) is 0 Å². The van der Waals surface area contributed by atoms with Gasteiger partial charge in [-0.1, -0.05) is 0 Å². The molecule has 3 saturated heterocycles. The van der Waals surface area contributed by atoms with Gasteiger partial charge in [-0.25, -0.2) is 0 Å². The Morgan fingerprint density at radius 1 is 1.05 bits per heavy atom. The van der Waals surface area contributed by atoms with E-state index in [1.807, 2.05) is 0 Å². The molecule has 6 heteroatoms. The van der Waals surface area contributed by atoms with E-state index in [2.05, 4.69) is 50.6 Å². The van der Waals surface area contributed by atoms with Crippen LogP contribution in [0.4, 0.5) is 0 Å². The maximum absolute atomic E-state index is 6.17. The van der Waals surface area contributed by atoms with Crippen molar-refractivity contribution in [2.24, 2.45) is 0 Å². The van der Waals surface area contributed by atoms with E-state index >= 15 is 0 Å². The lowest BCUT2D eigenvalue weighted by atomic mass is 9.67. The summed E-state index contributed by atoms with van der Waals surface area (Å²) in [6, 6.07) is 0.466. The van der Waals surface area contributed by atoms with Crippen molar-refractivity contribution in [3.63, 3.8) is 0 Å². The lowest BCUT2D eigenvalue weighted by molar-refractivity contribution is 0.00578. The Labute approximate surface area is 116 Å². The molecule has 3 heterocycles. The summed E-state index contributed by atoms with van der Waals surface area (Å²) in [6.45, 7) is 11.6. The Balaban J connectivity index is 1.66. The van der Waals surface area contributed by atoms with Gasteiger partial charge in [-0.3, -0.25) is 10.6 Å². The molecule has 3 aliphatic heterocycles. The molecular formula is C13H26BN3O2. The Morgan fingerprint density at radius 3 is 2.32 bits per heavy atom. The lowest BCUT2D eigenvalue weighted by Crippen LogP contribution is -2.54. The van der Waals surface area contributed by atoms with Crippen LogP contribution in [0, 0.1) is 0 Å². The van der Waals surface area contributed by atoms with Crippen LogP contribution in [0.1, 0.15) is 41.0 Å². The predicted octanol–water partition coefficient (Wildman–Crippen LogP) is 0.676. The highest BCUT2D eigenvalue weighted by Gasteiger charge is 2.55. The topological polar surface area (TPSA) is 54.5 Å². The fraction of sp³-hybridized carbons (Fsp3) is 1.00. The molecule has 0 radical (unpaired) electrons. The van der Waals surface area contributed by atoms with Crippen molar-refractivity contribution >= 4 is 7.12 Å². The number of piperidine rings is 1. The summed E-state index contributed by atoms with van der Waals surface area (Å²) in [5.74, 6) is 0.405. The minimum Gasteiger partial charge on any atom is -0.403 e. The normalized spacial score (nSPS) is 44.4. The Bertz CT molecular complexity index is 348. The van der Waals surface area contributed by atoms with Gasteiger partial charge in [-0.15, -0.1) is 0 Å². The van der Waals surface area contributed by atoms with E-state index in [1.54, 1.807) is 0 Å².